The third-order valence-corrected chi connectivity index (χ3v) is 10.2. The Morgan fingerprint density at radius 1 is 0.550 bits per heavy atom. The maximum Gasteiger partial charge on any atom is 0.326 e. The second-order valence-electron chi connectivity index (χ2n) is 14.7. The number of carbonyl (C=O) groups is 7. The smallest absolute Gasteiger partial charge is 0.326 e. The summed E-state index contributed by atoms with van der Waals surface area (Å²) in [5.41, 5.74) is 9.11. The van der Waals surface area contributed by atoms with Crippen LogP contribution in [0.4, 0.5) is 0 Å². The van der Waals surface area contributed by atoms with Crippen LogP contribution in [0.2, 0.25) is 0 Å². The van der Waals surface area contributed by atoms with Gasteiger partial charge in [-0.2, -0.15) is 0 Å². The topological polar surface area (TPSA) is 237 Å². The van der Waals surface area contributed by atoms with Crippen LogP contribution in [0.5, 0.6) is 0 Å². The maximum absolute atomic E-state index is 14.2. The molecule has 4 aromatic carbocycles. The summed E-state index contributed by atoms with van der Waals surface area (Å²) >= 11 is 0. The van der Waals surface area contributed by atoms with E-state index in [4.69, 9.17) is 5.73 Å². The Kier molecular flexibility index (Phi) is 16.0. The van der Waals surface area contributed by atoms with Crippen molar-refractivity contribution in [2.45, 2.75) is 81.2 Å². The highest BCUT2D eigenvalue weighted by molar-refractivity contribution is 5.98. The fourth-order valence-electron chi connectivity index (χ4n) is 7.10. The number of nitrogens with two attached hydrogens (primary N) is 1. The van der Waals surface area contributed by atoms with Crippen molar-refractivity contribution < 1.29 is 43.8 Å². The van der Waals surface area contributed by atoms with Crippen LogP contribution in [0.15, 0.2) is 121 Å². The van der Waals surface area contributed by atoms with E-state index < -0.39 is 84.1 Å². The first-order valence-electron chi connectivity index (χ1n) is 19.8. The number of hydrogen-bond donors (Lipinski definition) is 7. The van der Waals surface area contributed by atoms with Gasteiger partial charge in [-0.15, -0.1) is 0 Å². The van der Waals surface area contributed by atoms with E-state index in [0.29, 0.717) is 23.1 Å². The summed E-state index contributed by atoms with van der Waals surface area (Å²) in [6, 6.07) is 27.9. The first kappa shape index (κ1) is 44.2. The molecule has 6 atom stereocenters. The Balaban J connectivity index is 1.34. The number of likely N-dealkylation sites (tertiary alicyclic amines) is 1. The third-order valence-electron chi connectivity index (χ3n) is 10.2. The number of carboxylic acid groups (broad SMARTS) is 2. The Morgan fingerprint density at radius 2 is 0.950 bits per heavy atom. The summed E-state index contributed by atoms with van der Waals surface area (Å²) in [4.78, 5) is 94.7. The summed E-state index contributed by atoms with van der Waals surface area (Å²) in [5.74, 6) is -6.47. The lowest BCUT2D eigenvalue weighted by molar-refractivity contribution is -0.147. The minimum Gasteiger partial charge on any atom is -0.481 e. The van der Waals surface area contributed by atoms with Crippen molar-refractivity contribution in [3.8, 4) is 0 Å². The van der Waals surface area contributed by atoms with Gasteiger partial charge in [0, 0.05) is 25.8 Å². The van der Waals surface area contributed by atoms with Crippen molar-refractivity contribution in [1.29, 1.82) is 0 Å². The normalized spacial score (nSPS) is 15.9. The fraction of sp³-hybridized carbons (Fsp3) is 0.311. The Bertz CT molecular complexity index is 2090. The van der Waals surface area contributed by atoms with Crippen molar-refractivity contribution in [2.75, 3.05) is 6.54 Å². The molecule has 0 aliphatic carbocycles. The molecule has 0 saturated carbocycles. The minimum absolute atomic E-state index is 0.00875. The van der Waals surface area contributed by atoms with Crippen LogP contribution in [0.1, 0.15) is 41.5 Å². The van der Waals surface area contributed by atoms with E-state index in [0.717, 1.165) is 10.5 Å². The first-order chi connectivity index (χ1) is 28.9. The summed E-state index contributed by atoms with van der Waals surface area (Å²) in [6.07, 6.45) is -0.132. The van der Waals surface area contributed by atoms with Crippen LogP contribution in [0.3, 0.4) is 0 Å². The largest absolute Gasteiger partial charge is 0.481 e. The van der Waals surface area contributed by atoms with Gasteiger partial charge in [-0.1, -0.05) is 121 Å². The number of aliphatic carboxylic acids is 2. The average molecular weight is 819 g/mol. The molecule has 15 nitrogen and oxygen atoms in total. The van der Waals surface area contributed by atoms with E-state index in [1.54, 1.807) is 91.0 Å². The van der Waals surface area contributed by atoms with E-state index in [-0.39, 0.29) is 38.6 Å². The van der Waals surface area contributed by atoms with Crippen LogP contribution < -0.4 is 27.0 Å². The predicted octanol–water partition coefficient (Wildman–Crippen LogP) is 1.77. The number of hydrogen-bond acceptors (Lipinski definition) is 8. The van der Waals surface area contributed by atoms with Gasteiger partial charge in [0.05, 0.1) is 12.5 Å². The second-order valence-corrected chi connectivity index (χ2v) is 14.7. The van der Waals surface area contributed by atoms with E-state index in [9.17, 15) is 43.8 Å². The van der Waals surface area contributed by atoms with Gasteiger partial charge in [0.25, 0.3) is 0 Å². The van der Waals surface area contributed by atoms with Crippen LogP contribution >= 0.6 is 0 Å². The van der Waals surface area contributed by atoms with Crippen LogP contribution in [-0.2, 0) is 59.2 Å². The summed E-state index contributed by atoms with van der Waals surface area (Å²) < 4.78 is 0. The molecule has 15 heteroatoms. The van der Waals surface area contributed by atoms with Gasteiger partial charge < -0.3 is 42.1 Å². The van der Waals surface area contributed by atoms with Gasteiger partial charge in [0.2, 0.25) is 29.5 Å². The molecule has 5 amide bonds. The first-order valence-corrected chi connectivity index (χ1v) is 19.8. The zero-order valence-corrected chi connectivity index (χ0v) is 32.9. The SMILES string of the molecule is N[C@@H](Cc1ccccc1)C(=O)N[C@@H](Cc1ccccc1)C(=O)N[C@@H](Cc1ccccc1)C(=O)N[C@@H](CC(=O)O)C(=O)N1CCC[C@H]1C(=O)N[C@@H](Cc1ccccc1)C(=O)O. The van der Waals surface area contributed by atoms with Crippen molar-refractivity contribution >= 4 is 41.5 Å². The Hall–Kier alpha value is -6.87. The zero-order valence-electron chi connectivity index (χ0n) is 32.9. The van der Waals surface area contributed by atoms with Gasteiger partial charge in [0.1, 0.15) is 30.2 Å². The number of carbonyl (C=O) groups excluding carboxylic acids is 5. The van der Waals surface area contributed by atoms with E-state index >= 15 is 0 Å². The van der Waals surface area contributed by atoms with E-state index in [1.807, 2.05) is 30.3 Å². The minimum atomic E-state index is -1.66. The highest BCUT2D eigenvalue weighted by atomic mass is 16.4. The quantitative estimate of drug-likeness (QED) is 0.0683. The molecule has 0 bridgehead atoms. The summed E-state index contributed by atoms with van der Waals surface area (Å²) in [6.45, 7) is 0.0524. The predicted molar refractivity (Wildman–Crippen MR) is 221 cm³/mol. The van der Waals surface area contributed by atoms with Crippen LogP contribution in [0, 0.1) is 0 Å². The number of nitrogens with zero attached hydrogens (tertiary/aromatic N) is 1. The summed E-state index contributed by atoms with van der Waals surface area (Å²) in [5, 5.41) is 30.2. The van der Waals surface area contributed by atoms with Gasteiger partial charge in [-0.3, -0.25) is 28.8 Å². The van der Waals surface area contributed by atoms with Gasteiger partial charge in [-0.25, -0.2) is 4.79 Å². The molecule has 1 fully saturated rings. The molecule has 5 rings (SSSR count). The van der Waals surface area contributed by atoms with E-state index in [2.05, 4.69) is 21.3 Å². The second kappa shape index (κ2) is 21.8. The Labute approximate surface area is 347 Å². The van der Waals surface area contributed by atoms with Gasteiger partial charge in [0.15, 0.2) is 0 Å². The molecule has 1 aliphatic rings. The Morgan fingerprint density at radius 3 is 1.38 bits per heavy atom. The van der Waals surface area contributed by atoms with Crippen molar-refractivity contribution in [1.82, 2.24) is 26.2 Å². The monoisotopic (exact) mass is 818 g/mol. The highest BCUT2D eigenvalue weighted by Crippen LogP contribution is 2.20. The molecule has 8 N–H and O–H groups in total. The molecular formula is C45H50N6O9. The van der Waals surface area contributed by atoms with Crippen molar-refractivity contribution in [2.24, 2.45) is 5.73 Å². The molecule has 1 heterocycles. The lowest BCUT2D eigenvalue weighted by atomic mass is 10.0. The zero-order chi connectivity index (χ0) is 43.0. The molecule has 1 aliphatic heterocycles. The molecule has 4 aromatic rings. The molecule has 60 heavy (non-hydrogen) atoms. The molecule has 0 aromatic heterocycles. The number of rotatable bonds is 20. The lowest BCUT2D eigenvalue weighted by Gasteiger charge is -2.30. The fourth-order valence-corrected chi connectivity index (χ4v) is 7.10. The third kappa shape index (κ3) is 13.1. The maximum atomic E-state index is 14.2. The molecular weight excluding hydrogens is 769 g/mol. The molecule has 0 spiro atoms. The van der Waals surface area contributed by atoms with Gasteiger partial charge in [-0.05, 0) is 41.5 Å². The van der Waals surface area contributed by atoms with Crippen LogP contribution in [-0.4, -0.2) is 99.4 Å². The molecule has 1 saturated heterocycles. The van der Waals surface area contributed by atoms with Crippen molar-refractivity contribution in [3.05, 3.63) is 144 Å². The van der Waals surface area contributed by atoms with Gasteiger partial charge >= 0.3 is 11.9 Å². The standard InChI is InChI=1S/C45H50N6O9/c46-33(24-29-14-5-1-6-15-29)40(54)47-34(25-30-16-7-2-8-17-30)41(55)48-35(26-31-18-9-3-10-19-31)42(56)49-36(28-39(52)53)44(58)51-23-13-22-38(51)43(57)50-37(45(59)60)27-32-20-11-4-12-21-32/h1-12,14-21,33-38H,13,22-28,46H2,(H,47,54)(H,48,55)(H,49,56)(H,50,57)(H,52,53)(H,59,60)/t33-,34-,35-,36-,37-,38-/m0/s1. The summed E-state index contributed by atoms with van der Waals surface area (Å²) in [7, 11) is 0. The highest BCUT2D eigenvalue weighted by Gasteiger charge is 2.40. The van der Waals surface area contributed by atoms with Crippen LogP contribution in [0.25, 0.3) is 0 Å². The number of benzene rings is 4. The number of amides is 5. The molecule has 314 valence electrons. The average Bonchev–Trinajstić information content (AvgIpc) is 3.74. The number of carboxylic acids is 2. The van der Waals surface area contributed by atoms with Crippen molar-refractivity contribution in [3.63, 3.8) is 0 Å². The number of nitrogens with one attached hydrogen (secondary N) is 4. The molecule has 0 radical (unpaired) electrons. The lowest BCUT2D eigenvalue weighted by Crippen LogP contribution is -2.60. The van der Waals surface area contributed by atoms with E-state index in [1.165, 1.54) is 0 Å². The molecule has 0 unspecified atom stereocenters.